The third kappa shape index (κ3) is 74.6. The molecule has 6 heteroatoms. The Morgan fingerprint density at radius 1 is 0.311 bits per heavy atom. The normalized spacial score (nSPS) is 12.8. The fraction of sp³-hybridized carbons (Fsp3) is 0.857. The van der Waals surface area contributed by atoms with Gasteiger partial charge in [-0.3, -0.25) is 9.59 Å². The van der Waals surface area contributed by atoms with E-state index in [0.717, 1.165) is 57.8 Å². The molecule has 528 valence electrons. The molecule has 0 aromatic rings. The molecule has 90 heavy (non-hydrogen) atoms. The molecule has 0 rings (SSSR count). The molecule has 0 heterocycles. The predicted molar refractivity (Wildman–Crippen MR) is 398 cm³/mol. The van der Waals surface area contributed by atoms with Crippen LogP contribution in [0.3, 0.4) is 0 Å². The lowest BCUT2D eigenvalue weighted by atomic mass is 10.0. The Balaban J connectivity index is 3.39. The van der Waals surface area contributed by atoms with Gasteiger partial charge in [0.1, 0.15) is 0 Å². The molecule has 0 aliphatic heterocycles. The van der Waals surface area contributed by atoms with Gasteiger partial charge in [-0.25, -0.2) is 0 Å². The molecule has 2 atom stereocenters. The number of ether oxygens (including phenoxy) is 1. The molecule has 0 radical (unpaired) electrons. The van der Waals surface area contributed by atoms with E-state index in [4.69, 9.17) is 4.74 Å². The quantitative estimate of drug-likeness (QED) is 0.0320. The summed E-state index contributed by atoms with van der Waals surface area (Å²) in [5.41, 5.74) is 0. The summed E-state index contributed by atoms with van der Waals surface area (Å²) < 4.78 is 5.48. The van der Waals surface area contributed by atoms with E-state index in [-0.39, 0.29) is 18.5 Å². The average Bonchev–Trinajstić information content (AvgIpc) is 3.71. The van der Waals surface area contributed by atoms with Gasteiger partial charge < -0.3 is 20.3 Å². The maximum absolute atomic E-state index is 12.6. The molecular formula is C84H157NO5. The molecular weight excluding hydrogens is 1100 g/mol. The predicted octanol–water partition coefficient (Wildman–Crippen LogP) is 26.9. The smallest absolute Gasteiger partial charge is 0.305 e. The highest BCUT2D eigenvalue weighted by atomic mass is 16.5. The topological polar surface area (TPSA) is 95.9 Å². The highest BCUT2D eigenvalue weighted by molar-refractivity contribution is 5.76. The van der Waals surface area contributed by atoms with E-state index in [9.17, 15) is 19.8 Å². The number of amides is 1. The van der Waals surface area contributed by atoms with Crippen molar-refractivity contribution in [3.05, 3.63) is 60.8 Å². The Kier molecular flexibility index (Phi) is 76.9. The first-order valence-electron chi connectivity index (χ1n) is 40.6. The summed E-state index contributed by atoms with van der Waals surface area (Å²) in [7, 11) is 0. The standard InChI is InChI=1S/C84H157NO5/c1-3-5-7-9-11-13-15-17-18-19-20-21-37-40-43-46-49-53-56-60-64-68-72-76-82(87)81(80-86)85-83(88)77-73-69-65-61-57-54-50-47-44-41-38-35-33-31-29-27-25-23-22-24-26-28-30-32-34-36-39-42-45-48-51-55-59-63-67-71-75-79-90-84(89)78-74-70-66-62-58-52-16-14-12-10-8-6-4-2/h8,10,14,16,22,24,28,30,72,76,81-82,86-87H,3-7,9,11-13,15,17-21,23,25-27,29,31-71,73-75,77-80H2,1-2H3,(H,85,88)/b10-8-,16-14-,24-22-,30-28-,76-72+. The summed E-state index contributed by atoms with van der Waals surface area (Å²) in [5, 5.41) is 23.3. The second-order valence-electron chi connectivity index (χ2n) is 27.7. The van der Waals surface area contributed by atoms with Crippen molar-refractivity contribution in [2.45, 2.75) is 450 Å². The number of aliphatic hydroxyl groups excluding tert-OH is 2. The minimum absolute atomic E-state index is 0.00327. The van der Waals surface area contributed by atoms with E-state index in [0.29, 0.717) is 19.4 Å². The van der Waals surface area contributed by atoms with E-state index in [2.05, 4.69) is 67.8 Å². The fourth-order valence-electron chi connectivity index (χ4n) is 12.6. The molecule has 0 spiro atoms. The maximum atomic E-state index is 12.6. The van der Waals surface area contributed by atoms with Crippen molar-refractivity contribution in [2.75, 3.05) is 13.2 Å². The zero-order valence-electron chi connectivity index (χ0n) is 60.6. The van der Waals surface area contributed by atoms with Crippen molar-refractivity contribution in [3.8, 4) is 0 Å². The molecule has 0 aromatic carbocycles. The van der Waals surface area contributed by atoms with Crippen molar-refractivity contribution in [2.24, 2.45) is 0 Å². The number of carbonyl (C=O) groups is 2. The van der Waals surface area contributed by atoms with Gasteiger partial charge in [-0.15, -0.1) is 0 Å². The summed E-state index contributed by atoms with van der Waals surface area (Å²) in [5.74, 6) is -0.0577. The monoisotopic (exact) mass is 1260 g/mol. The number of esters is 1. The summed E-state index contributed by atoms with van der Waals surface area (Å²) in [6.07, 6.45) is 106. The van der Waals surface area contributed by atoms with Crippen LogP contribution in [0.5, 0.6) is 0 Å². The molecule has 0 aromatic heterocycles. The molecule has 0 saturated heterocycles. The number of carbonyl (C=O) groups excluding carboxylic acids is 2. The van der Waals surface area contributed by atoms with Gasteiger partial charge in [-0.05, 0) is 89.9 Å². The van der Waals surface area contributed by atoms with E-state index in [1.165, 1.54) is 353 Å². The van der Waals surface area contributed by atoms with Crippen LogP contribution in [-0.4, -0.2) is 47.4 Å². The number of nitrogens with one attached hydrogen (secondary N) is 1. The van der Waals surface area contributed by atoms with Crippen molar-refractivity contribution < 1.29 is 24.5 Å². The molecule has 0 aliphatic rings. The van der Waals surface area contributed by atoms with Crippen LogP contribution in [0, 0.1) is 0 Å². The lowest BCUT2D eigenvalue weighted by molar-refractivity contribution is -0.143. The Bertz CT molecular complexity index is 1550. The van der Waals surface area contributed by atoms with Crippen molar-refractivity contribution >= 4 is 11.9 Å². The summed E-state index contributed by atoms with van der Waals surface area (Å²) >= 11 is 0. The van der Waals surface area contributed by atoms with E-state index < -0.39 is 12.1 Å². The van der Waals surface area contributed by atoms with E-state index in [1.54, 1.807) is 6.08 Å². The number of aliphatic hydroxyl groups is 2. The molecule has 0 aliphatic carbocycles. The zero-order chi connectivity index (χ0) is 64.9. The zero-order valence-corrected chi connectivity index (χ0v) is 60.6. The minimum atomic E-state index is -0.845. The number of unbranched alkanes of at least 4 members (excludes halogenated alkanes) is 57. The number of rotatable bonds is 76. The van der Waals surface area contributed by atoms with Gasteiger partial charge in [-0.1, -0.05) is 396 Å². The van der Waals surface area contributed by atoms with Crippen molar-refractivity contribution in [1.29, 1.82) is 0 Å². The van der Waals surface area contributed by atoms with Gasteiger partial charge in [0.2, 0.25) is 5.91 Å². The second-order valence-corrected chi connectivity index (χ2v) is 27.7. The fourth-order valence-corrected chi connectivity index (χ4v) is 12.6. The first-order chi connectivity index (χ1) is 44.5. The SMILES string of the molecule is CCC/C=C\C/C=C\CCCCCCCC(=O)OCCCCCCCCCCCCCCC/C=C\C/C=C\CCCCCCCCCCCCCCCCCCCC(=O)NC(CO)C(O)/C=C/CCCCCCCCCCCCCCCCCCCCCCC. The summed E-state index contributed by atoms with van der Waals surface area (Å²) in [6, 6.07) is -0.628. The van der Waals surface area contributed by atoms with Crippen LogP contribution in [0.2, 0.25) is 0 Å². The second kappa shape index (κ2) is 79.0. The Labute approximate surface area is 562 Å². The third-order valence-corrected chi connectivity index (χ3v) is 18.7. The molecule has 1 amide bonds. The van der Waals surface area contributed by atoms with Crippen LogP contribution >= 0.6 is 0 Å². The Morgan fingerprint density at radius 3 is 0.889 bits per heavy atom. The van der Waals surface area contributed by atoms with Gasteiger partial charge in [0.25, 0.3) is 0 Å². The molecule has 0 bridgehead atoms. The summed E-state index contributed by atoms with van der Waals surface area (Å²) in [4.78, 5) is 24.6. The van der Waals surface area contributed by atoms with Gasteiger partial charge in [0.15, 0.2) is 0 Å². The Hall–Kier alpha value is -2.44. The average molecular weight is 1260 g/mol. The first kappa shape index (κ1) is 87.6. The molecule has 6 nitrogen and oxygen atoms in total. The van der Waals surface area contributed by atoms with Crippen molar-refractivity contribution in [1.82, 2.24) is 5.32 Å². The van der Waals surface area contributed by atoms with Gasteiger partial charge in [0, 0.05) is 12.8 Å². The van der Waals surface area contributed by atoms with Crippen LogP contribution in [0.15, 0.2) is 60.8 Å². The Morgan fingerprint density at radius 2 is 0.578 bits per heavy atom. The summed E-state index contributed by atoms with van der Waals surface area (Å²) in [6.45, 7) is 4.87. The lowest BCUT2D eigenvalue weighted by Gasteiger charge is -2.20. The maximum Gasteiger partial charge on any atom is 0.305 e. The highest BCUT2D eigenvalue weighted by Crippen LogP contribution is 2.19. The van der Waals surface area contributed by atoms with Gasteiger partial charge >= 0.3 is 5.97 Å². The molecule has 0 saturated carbocycles. The van der Waals surface area contributed by atoms with E-state index >= 15 is 0 Å². The van der Waals surface area contributed by atoms with E-state index in [1.807, 2.05) is 6.08 Å². The largest absolute Gasteiger partial charge is 0.466 e. The number of hydrogen-bond donors (Lipinski definition) is 3. The van der Waals surface area contributed by atoms with Crippen LogP contribution in [-0.2, 0) is 14.3 Å². The van der Waals surface area contributed by atoms with Crippen LogP contribution in [0.25, 0.3) is 0 Å². The van der Waals surface area contributed by atoms with Crippen LogP contribution < -0.4 is 5.32 Å². The van der Waals surface area contributed by atoms with Crippen LogP contribution in [0.4, 0.5) is 0 Å². The highest BCUT2D eigenvalue weighted by Gasteiger charge is 2.18. The van der Waals surface area contributed by atoms with Crippen molar-refractivity contribution in [3.63, 3.8) is 0 Å². The number of allylic oxidation sites excluding steroid dienone is 9. The lowest BCUT2D eigenvalue weighted by Crippen LogP contribution is -2.45. The molecule has 3 N–H and O–H groups in total. The van der Waals surface area contributed by atoms with Gasteiger partial charge in [-0.2, -0.15) is 0 Å². The third-order valence-electron chi connectivity index (χ3n) is 18.7. The van der Waals surface area contributed by atoms with Crippen LogP contribution in [0.1, 0.15) is 438 Å². The first-order valence-corrected chi connectivity index (χ1v) is 40.6. The van der Waals surface area contributed by atoms with Gasteiger partial charge in [0.05, 0.1) is 25.4 Å². The molecule has 0 fully saturated rings. The minimum Gasteiger partial charge on any atom is -0.466 e. The molecule has 2 unspecified atom stereocenters. The number of hydrogen-bond acceptors (Lipinski definition) is 5.